The van der Waals surface area contributed by atoms with Crippen molar-refractivity contribution in [1.82, 2.24) is 0 Å². The molecule has 0 saturated heterocycles. The van der Waals surface area contributed by atoms with E-state index in [9.17, 15) is 5.53 Å². The predicted molar refractivity (Wildman–Crippen MR) is 364 cm³/mol. The molecule has 1 aliphatic rings. The first-order chi connectivity index (χ1) is 40.5. The van der Waals surface area contributed by atoms with Gasteiger partial charge in [0.15, 0.2) is 0 Å². The third-order valence-corrected chi connectivity index (χ3v) is 17.1. The molecule has 0 aliphatic carbocycles. The van der Waals surface area contributed by atoms with Crippen LogP contribution in [0.2, 0.25) is 0 Å². The van der Waals surface area contributed by atoms with Crippen molar-refractivity contribution < 1.29 is 25.1 Å². The maximum absolute atomic E-state index is 12.9. The number of aryl methyl sites for hydroxylation is 4. The summed E-state index contributed by atoms with van der Waals surface area (Å²) in [5, 5.41) is 0. The van der Waals surface area contributed by atoms with Crippen molar-refractivity contribution in [1.29, 1.82) is 0 Å². The van der Waals surface area contributed by atoms with Crippen LogP contribution in [-0.4, -0.2) is 4.70 Å². The zero-order valence-electron chi connectivity index (χ0n) is 55.0. The Bertz CT molecular complexity index is 2020. The Balaban J connectivity index is 0.00000159. The van der Waals surface area contributed by atoms with Crippen molar-refractivity contribution in [2.45, 2.75) is 337 Å². The van der Waals surface area contributed by atoms with Crippen molar-refractivity contribution >= 4 is 11.4 Å². The van der Waals surface area contributed by atoms with E-state index in [2.05, 4.69) is 90.1 Å². The van der Waals surface area contributed by atoms with Crippen LogP contribution in [0.3, 0.4) is 0 Å². The van der Waals surface area contributed by atoms with Crippen molar-refractivity contribution in [3.8, 4) is 0 Å². The number of hydrogen-bond donors (Lipinski definition) is 0. The number of rotatable bonds is 48. The average Bonchev–Trinajstić information content (AvgIpc) is 2.91. The van der Waals surface area contributed by atoms with Gasteiger partial charge >= 0.3 is 20.4 Å². The van der Waals surface area contributed by atoms with E-state index in [1.807, 2.05) is 60.7 Å². The van der Waals surface area contributed by atoms with E-state index in [1.165, 1.54) is 295 Å². The predicted octanol–water partition coefficient (Wildman–Crippen LogP) is 26.5. The van der Waals surface area contributed by atoms with Crippen LogP contribution >= 0.6 is 0 Å². The van der Waals surface area contributed by atoms with Crippen LogP contribution < -0.4 is 0 Å². The van der Waals surface area contributed by atoms with E-state index in [4.69, 9.17) is 0 Å². The Morgan fingerprint density at radius 3 is 0.723 bits per heavy atom. The molecule has 4 aromatic rings. The van der Waals surface area contributed by atoms with Crippen molar-refractivity contribution in [3.63, 3.8) is 0 Å². The summed E-state index contributed by atoms with van der Waals surface area (Å²) in [7, 11) is 0. The Kier molecular flexibility index (Phi) is 49.3. The molecule has 2 nitrogen and oxygen atoms in total. The molecule has 0 saturated carbocycles. The number of hydrogen-bond acceptors (Lipinski definition) is 0. The Hall–Kier alpha value is -3.38. The molecule has 1 aliphatic heterocycles. The molecule has 0 amide bonds. The van der Waals surface area contributed by atoms with Gasteiger partial charge < -0.3 is 5.53 Å². The average molecular weight is 1220 g/mol. The molecule has 3 heteroatoms. The molecule has 0 atom stereocenters. The molecule has 0 unspecified atom stereocenters. The van der Waals surface area contributed by atoms with E-state index in [0.717, 1.165) is 56.3 Å². The summed E-state index contributed by atoms with van der Waals surface area (Å²) in [5.41, 5.74) is 26.3. The maximum atomic E-state index is 12.9. The van der Waals surface area contributed by atoms with Gasteiger partial charge in [-0.1, -0.05) is 272 Å². The van der Waals surface area contributed by atoms with Gasteiger partial charge in [0.25, 0.3) is 0 Å². The zero-order valence-corrected chi connectivity index (χ0v) is 56.5. The maximum Gasteiger partial charge on any atom is 2.00 e. The first kappa shape index (κ1) is 75.7. The Morgan fingerprint density at radius 2 is 0.482 bits per heavy atom. The van der Waals surface area contributed by atoms with Gasteiger partial charge in [-0.3, -0.25) is 0 Å². The van der Waals surface area contributed by atoms with Crippen LogP contribution in [0.4, 0.5) is 0 Å². The van der Waals surface area contributed by atoms with Crippen LogP contribution in [0.15, 0.2) is 108 Å². The second-order valence-corrected chi connectivity index (χ2v) is 24.7. The second-order valence-electron chi connectivity index (χ2n) is 24.7. The molecular formula is C80H126N2Pd. The summed E-state index contributed by atoms with van der Waals surface area (Å²) in [6.45, 7) is 13.9. The van der Waals surface area contributed by atoms with Crippen LogP contribution in [0.1, 0.15) is 345 Å². The summed E-state index contributed by atoms with van der Waals surface area (Å²) in [5.74, 6) is 0. The largest absolute Gasteiger partial charge is 2.00 e. The monoisotopic (exact) mass is 1220 g/mol. The van der Waals surface area contributed by atoms with Gasteiger partial charge in [-0.25, -0.2) is 4.70 Å². The van der Waals surface area contributed by atoms with Crippen LogP contribution in [0, 0.1) is 12.1 Å². The molecule has 0 aromatic heterocycles. The van der Waals surface area contributed by atoms with Gasteiger partial charge in [0.05, 0.1) is 0 Å². The molecule has 0 bridgehead atoms. The summed E-state index contributed by atoms with van der Waals surface area (Å²) in [6, 6.07) is 39.9. The molecule has 4 aromatic carbocycles. The first-order valence-corrected chi connectivity index (χ1v) is 35.5. The minimum Gasteiger partial charge on any atom is -0.493 e. The second kappa shape index (κ2) is 54.0. The van der Waals surface area contributed by atoms with E-state index < -0.39 is 0 Å². The third kappa shape index (κ3) is 36.4. The molecule has 0 fully saturated rings. The fraction of sp³-hybridized carbons (Fsp3) is 0.650. The molecule has 1 heterocycles. The van der Waals surface area contributed by atoms with Crippen LogP contribution in [0.25, 0.3) is 16.9 Å². The Morgan fingerprint density at radius 1 is 0.265 bits per heavy atom. The van der Waals surface area contributed by atoms with Crippen LogP contribution in [0.5, 0.6) is 0 Å². The standard InChI is InChI=1S/C68H116N2.2C6H5.Pd/c1-7-13-19-22-25-26-27-28-29-30-31-32-33-34-35-36-37-38-39-40-43-46-52-66-65(51-18-12-6)67(70(69)68(66)63-55-59(47-16-10-4)53-60(56-63)48-17-11-5)64-57-61(49-44-41-23-20-14-8-2)54-62(58-64)50-45-42-24-21-15-9-3;2*1-2-4-6-5-3-1;/h53-58H,7-52H2,1-6H3;2*1-5H;/q;2*-1;+2. The van der Waals surface area contributed by atoms with E-state index in [1.54, 1.807) is 4.70 Å². The third-order valence-electron chi connectivity index (χ3n) is 17.1. The summed E-state index contributed by atoms with van der Waals surface area (Å²) in [6.07, 6.45) is 60.8. The fourth-order valence-corrected chi connectivity index (χ4v) is 12.1. The van der Waals surface area contributed by atoms with E-state index in [0.29, 0.717) is 0 Å². The first-order valence-electron chi connectivity index (χ1n) is 35.5. The molecule has 83 heavy (non-hydrogen) atoms. The Labute approximate surface area is 529 Å². The number of unbranched alkanes of at least 4 members (excludes halogenated alkanes) is 34. The SMILES string of the molecule is CCCCCCCCCCCCCCCCCCCCCCCCC1=C(c2cc(CCCC)cc(CCCC)c2)[N+](=[N-])C(c2cc(CCCCCCCC)cc(CCCCCCCC)c2)=C1CCCC.[Pd+2].[c-]1ccccc1.[c-]1ccccc1. The fourth-order valence-electron chi connectivity index (χ4n) is 12.1. The normalized spacial score (nSPS) is 12.1. The van der Waals surface area contributed by atoms with Gasteiger partial charge in [0.2, 0.25) is 11.4 Å². The van der Waals surface area contributed by atoms with Gasteiger partial charge in [0, 0.05) is 22.3 Å². The summed E-state index contributed by atoms with van der Waals surface area (Å²) in [4.78, 5) is 0. The number of allylic oxidation sites excluding steroid dienone is 2. The summed E-state index contributed by atoms with van der Waals surface area (Å²) < 4.78 is 1.72. The molecule has 0 radical (unpaired) electrons. The molecule has 5 rings (SSSR count). The molecular weight excluding hydrogens is 1100 g/mol. The summed E-state index contributed by atoms with van der Waals surface area (Å²) >= 11 is 0. The molecule has 0 N–H and O–H groups in total. The minimum absolute atomic E-state index is 0. The topological polar surface area (TPSA) is 25.3 Å². The number of benzene rings is 4. The zero-order chi connectivity index (χ0) is 58.6. The van der Waals surface area contributed by atoms with Gasteiger partial charge in [-0.15, -0.1) is 0 Å². The van der Waals surface area contributed by atoms with Crippen molar-refractivity contribution in [3.05, 3.63) is 159 Å². The van der Waals surface area contributed by atoms with Gasteiger partial charge in [0.1, 0.15) is 0 Å². The molecule has 0 spiro atoms. The van der Waals surface area contributed by atoms with E-state index in [-0.39, 0.29) is 20.4 Å². The van der Waals surface area contributed by atoms with Gasteiger partial charge in [-0.2, -0.15) is 72.8 Å². The number of nitrogens with zero attached hydrogens (tertiary/aromatic N) is 2. The molecule has 466 valence electrons. The van der Waals surface area contributed by atoms with Gasteiger partial charge in [-0.05, 0) is 124 Å². The van der Waals surface area contributed by atoms with Crippen molar-refractivity contribution in [2.75, 3.05) is 0 Å². The van der Waals surface area contributed by atoms with Crippen molar-refractivity contribution in [2.24, 2.45) is 0 Å². The smallest absolute Gasteiger partial charge is 0.493 e. The minimum atomic E-state index is 0. The quantitative estimate of drug-likeness (QED) is 0.0182. The van der Waals surface area contributed by atoms with Crippen LogP contribution in [-0.2, 0) is 46.1 Å². The van der Waals surface area contributed by atoms with E-state index >= 15 is 0 Å².